The van der Waals surface area contributed by atoms with Crippen molar-refractivity contribution in [2.45, 2.75) is 19.9 Å². The highest BCUT2D eigenvalue weighted by atomic mass is 79.9. The average Bonchev–Trinajstić information content (AvgIpc) is 2.55. The zero-order valence-electron chi connectivity index (χ0n) is 13.1. The molecule has 120 valence electrons. The Bertz CT molecular complexity index is 688. The van der Waals surface area contributed by atoms with Crippen molar-refractivity contribution < 1.29 is 9.59 Å². The number of anilines is 1. The van der Waals surface area contributed by atoms with E-state index in [0.717, 1.165) is 10.0 Å². The number of carbonyl (C=O) groups is 2. The maximum atomic E-state index is 12.3. The molecule has 2 aromatic rings. The number of carbonyl (C=O) groups excluding carboxylic acids is 2. The van der Waals surface area contributed by atoms with E-state index in [-0.39, 0.29) is 24.4 Å². The largest absolute Gasteiger partial charge is 0.327 e. The Balaban J connectivity index is 2.09. The van der Waals surface area contributed by atoms with Gasteiger partial charge in [0.05, 0.1) is 11.7 Å². The minimum absolute atomic E-state index is 0.00668. The van der Waals surface area contributed by atoms with Crippen molar-refractivity contribution in [1.29, 1.82) is 0 Å². The Morgan fingerprint density at radius 2 is 1.70 bits per heavy atom. The predicted molar refractivity (Wildman–Crippen MR) is 95.0 cm³/mol. The molecule has 0 heterocycles. The summed E-state index contributed by atoms with van der Waals surface area (Å²) in [4.78, 5) is 25.8. The molecule has 23 heavy (non-hydrogen) atoms. The molecule has 0 saturated carbocycles. The smallest absolute Gasteiger partial charge is 0.244 e. The summed E-state index contributed by atoms with van der Waals surface area (Å²) in [6.07, 6.45) is 0. The van der Waals surface area contributed by atoms with Crippen LogP contribution in [0.25, 0.3) is 0 Å². The molecule has 2 amide bonds. The van der Waals surface area contributed by atoms with Crippen LogP contribution < -0.4 is 5.32 Å². The van der Waals surface area contributed by atoms with Gasteiger partial charge in [-0.2, -0.15) is 0 Å². The van der Waals surface area contributed by atoms with E-state index < -0.39 is 0 Å². The van der Waals surface area contributed by atoms with Crippen LogP contribution in [-0.4, -0.2) is 23.3 Å². The normalized spacial score (nSPS) is 11.6. The van der Waals surface area contributed by atoms with Crippen LogP contribution in [0.5, 0.6) is 0 Å². The van der Waals surface area contributed by atoms with Crippen molar-refractivity contribution in [2.24, 2.45) is 0 Å². The van der Waals surface area contributed by atoms with Crippen LogP contribution in [0.1, 0.15) is 25.5 Å². The van der Waals surface area contributed by atoms with Gasteiger partial charge in [0.1, 0.15) is 6.54 Å². The SMILES string of the molecule is CC(=O)N(CC(=O)Nc1ccccc1Br)C(C)c1ccccc1. The molecule has 0 aliphatic carbocycles. The topological polar surface area (TPSA) is 49.4 Å². The third-order valence-electron chi connectivity index (χ3n) is 3.62. The van der Waals surface area contributed by atoms with Crippen LogP contribution in [0.3, 0.4) is 0 Å². The van der Waals surface area contributed by atoms with Gasteiger partial charge in [0.2, 0.25) is 11.8 Å². The number of nitrogens with zero attached hydrogens (tertiary/aromatic N) is 1. The molecular formula is C18H19BrN2O2. The third kappa shape index (κ3) is 4.66. The van der Waals surface area contributed by atoms with Gasteiger partial charge in [-0.25, -0.2) is 0 Å². The van der Waals surface area contributed by atoms with E-state index >= 15 is 0 Å². The molecule has 4 nitrogen and oxygen atoms in total. The van der Waals surface area contributed by atoms with E-state index in [0.29, 0.717) is 5.69 Å². The molecule has 0 fully saturated rings. The van der Waals surface area contributed by atoms with E-state index in [1.54, 1.807) is 11.0 Å². The number of hydrogen-bond acceptors (Lipinski definition) is 2. The van der Waals surface area contributed by atoms with Gasteiger partial charge in [-0.1, -0.05) is 42.5 Å². The van der Waals surface area contributed by atoms with E-state index in [1.165, 1.54) is 6.92 Å². The molecule has 1 N–H and O–H groups in total. The lowest BCUT2D eigenvalue weighted by molar-refractivity contribution is -0.134. The average molecular weight is 375 g/mol. The number of amides is 2. The molecule has 0 bridgehead atoms. The second-order valence-electron chi connectivity index (χ2n) is 5.26. The van der Waals surface area contributed by atoms with Crippen LogP contribution in [0.15, 0.2) is 59.1 Å². The Morgan fingerprint density at radius 1 is 1.09 bits per heavy atom. The van der Waals surface area contributed by atoms with Crippen LogP contribution >= 0.6 is 15.9 Å². The first-order chi connectivity index (χ1) is 11.0. The van der Waals surface area contributed by atoms with Crippen molar-refractivity contribution in [3.05, 3.63) is 64.6 Å². The van der Waals surface area contributed by atoms with Crippen molar-refractivity contribution in [3.63, 3.8) is 0 Å². The first-order valence-electron chi connectivity index (χ1n) is 7.35. The van der Waals surface area contributed by atoms with Gasteiger partial charge in [-0.15, -0.1) is 0 Å². The zero-order chi connectivity index (χ0) is 16.8. The van der Waals surface area contributed by atoms with Gasteiger partial charge >= 0.3 is 0 Å². The minimum atomic E-state index is -0.227. The standard InChI is InChI=1S/C18H19BrN2O2/c1-13(15-8-4-3-5-9-15)21(14(2)22)12-18(23)20-17-11-7-6-10-16(17)19/h3-11,13H,12H2,1-2H3,(H,20,23). The summed E-state index contributed by atoms with van der Waals surface area (Å²) in [5.41, 5.74) is 1.68. The molecular weight excluding hydrogens is 356 g/mol. The second kappa shape index (κ2) is 7.92. The van der Waals surface area contributed by atoms with E-state index in [4.69, 9.17) is 0 Å². The van der Waals surface area contributed by atoms with Crippen molar-refractivity contribution in [3.8, 4) is 0 Å². The van der Waals surface area contributed by atoms with Crippen LogP contribution in [0, 0.1) is 0 Å². The van der Waals surface area contributed by atoms with Crippen LogP contribution in [0.4, 0.5) is 5.69 Å². The Labute approximate surface area is 144 Å². The Morgan fingerprint density at radius 3 is 2.30 bits per heavy atom. The summed E-state index contributed by atoms with van der Waals surface area (Å²) in [6.45, 7) is 3.40. The first kappa shape index (κ1) is 17.2. The third-order valence-corrected chi connectivity index (χ3v) is 4.31. The molecule has 0 saturated heterocycles. The molecule has 0 aliphatic heterocycles. The fourth-order valence-corrected chi connectivity index (χ4v) is 2.72. The quantitative estimate of drug-likeness (QED) is 0.859. The van der Waals surface area contributed by atoms with E-state index in [1.807, 2.05) is 55.5 Å². The van der Waals surface area contributed by atoms with Gasteiger partial charge in [0.25, 0.3) is 0 Å². The number of para-hydroxylation sites is 1. The highest BCUT2D eigenvalue weighted by Crippen LogP contribution is 2.22. The molecule has 0 aromatic heterocycles. The molecule has 1 unspecified atom stereocenters. The van der Waals surface area contributed by atoms with Crippen LogP contribution in [0.2, 0.25) is 0 Å². The van der Waals surface area contributed by atoms with Gasteiger partial charge in [0, 0.05) is 11.4 Å². The summed E-state index contributed by atoms with van der Waals surface area (Å²) < 4.78 is 0.804. The lowest BCUT2D eigenvalue weighted by atomic mass is 10.1. The summed E-state index contributed by atoms with van der Waals surface area (Å²) in [7, 11) is 0. The maximum Gasteiger partial charge on any atom is 0.244 e. The highest BCUT2D eigenvalue weighted by molar-refractivity contribution is 9.10. The number of rotatable bonds is 5. The van der Waals surface area contributed by atoms with Gasteiger partial charge in [0.15, 0.2) is 0 Å². The van der Waals surface area contributed by atoms with E-state index in [9.17, 15) is 9.59 Å². The lowest BCUT2D eigenvalue weighted by Gasteiger charge is -2.28. The fourth-order valence-electron chi connectivity index (χ4n) is 2.34. The fraction of sp³-hybridized carbons (Fsp3) is 0.222. The van der Waals surface area contributed by atoms with Gasteiger partial charge < -0.3 is 10.2 Å². The number of nitrogens with one attached hydrogen (secondary N) is 1. The minimum Gasteiger partial charge on any atom is -0.327 e. The summed E-state index contributed by atoms with van der Waals surface area (Å²) >= 11 is 3.39. The number of halogens is 1. The Hall–Kier alpha value is -2.14. The van der Waals surface area contributed by atoms with Crippen molar-refractivity contribution in [2.75, 3.05) is 11.9 Å². The maximum absolute atomic E-state index is 12.3. The zero-order valence-corrected chi connectivity index (χ0v) is 14.7. The molecule has 1 atom stereocenters. The molecule has 0 spiro atoms. The van der Waals surface area contributed by atoms with Gasteiger partial charge in [-0.05, 0) is 40.5 Å². The highest BCUT2D eigenvalue weighted by Gasteiger charge is 2.21. The molecule has 0 aliphatic rings. The first-order valence-corrected chi connectivity index (χ1v) is 8.15. The molecule has 0 radical (unpaired) electrons. The number of benzene rings is 2. The summed E-state index contributed by atoms with van der Waals surface area (Å²) in [6, 6.07) is 16.9. The van der Waals surface area contributed by atoms with Crippen LogP contribution in [-0.2, 0) is 9.59 Å². The molecule has 2 aromatic carbocycles. The molecule has 5 heteroatoms. The number of hydrogen-bond donors (Lipinski definition) is 1. The Kier molecular flexibility index (Phi) is 5.93. The monoisotopic (exact) mass is 374 g/mol. The molecule has 2 rings (SSSR count). The summed E-state index contributed by atoms with van der Waals surface area (Å²) in [5.74, 6) is -0.362. The van der Waals surface area contributed by atoms with Gasteiger partial charge in [-0.3, -0.25) is 9.59 Å². The summed E-state index contributed by atoms with van der Waals surface area (Å²) in [5, 5.41) is 2.82. The van der Waals surface area contributed by atoms with Crippen molar-refractivity contribution >= 4 is 33.4 Å². The van der Waals surface area contributed by atoms with Crippen molar-refractivity contribution in [1.82, 2.24) is 4.90 Å². The lowest BCUT2D eigenvalue weighted by Crippen LogP contribution is -2.38. The second-order valence-corrected chi connectivity index (χ2v) is 6.12. The predicted octanol–water partition coefficient (Wildman–Crippen LogP) is 4.00. The van der Waals surface area contributed by atoms with E-state index in [2.05, 4.69) is 21.2 Å².